The molecule has 1 N–H and O–H groups in total. The van der Waals surface area contributed by atoms with Crippen LogP contribution >= 0.6 is 0 Å². The minimum atomic E-state index is -0.407. The third-order valence-electron chi connectivity index (χ3n) is 2.36. The number of hydrogen-bond acceptors (Lipinski definition) is 3. The van der Waals surface area contributed by atoms with Crippen LogP contribution in [0.3, 0.4) is 0 Å². The van der Waals surface area contributed by atoms with Gasteiger partial charge in [0, 0.05) is 0 Å². The van der Waals surface area contributed by atoms with Crippen LogP contribution in [0.4, 0.5) is 4.39 Å². The van der Waals surface area contributed by atoms with E-state index in [0.29, 0.717) is 0 Å². The Labute approximate surface area is 89.1 Å². The predicted molar refractivity (Wildman–Crippen MR) is 56.5 cm³/mol. The minimum absolute atomic E-state index is 0.0429. The number of benzene rings is 1. The molecular weight excluding hydrogens is 197 g/mol. The third-order valence-corrected chi connectivity index (χ3v) is 2.36. The van der Waals surface area contributed by atoms with E-state index in [0.717, 1.165) is 5.56 Å². The molecule has 0 amide bonds. The summed E-state index contributed by atoms with van der Waals surface area (Å²) in [7, 11) is 5.10. The molecule has 0 aromatic heterocycles. The highest BCUT2D eigenvalue weighted by atomic mass is 19.1. The van der Waals surface area contributed by atoms with Gasteiger partial charge in [0.15, 0.2) is 11.6 Å². The Bertz CT molecular complexity index is 328. The van der Waals surface area contributed by atoms with Crippen LogP contribution in [0.25, 0.3) is 0 Å². The van der Waals surface area contributed by atoms with Crippen LogP contribution < -0.4 is 4.74 Å². The van der Waals surface area contributed by atoms with Gasteiger partial charge in [-0.1, -0.05) is 6.07 Å². The van der Waals surface area contributed by atoms with Gasteiger partial charge in [0.2, 0.25) is 0 Å². The fraction of sp³-hybridized carbons (Fsp3) is 0.455. The maximum Gasteiger partial charge on any atom is 0.165 e. The highest BCUT2D eigenvalue weighted by molar-refractivity contribution is 5.31. The lowest BCUT2D eigenvalue weighted by Gasteiger charge is -2.22. The highest BCUT2D eigenvalue weighted by Crippen LogP contribution is 2.23. The Morgan fingerprint density at radius 3 is 2.53 bits per heavy atom. The first kappa shape index (κ1) is 11.9. The molecule has 1 aromatic rings. The van der Waals surface area contributed by atoms with Crippen molar-refractivity contribution in [2.24, 2.45) is 0 Å². The van der Waals surface area contributed by atoms with Crippen molar-refractivity contribution < 1.29 is 14.2 Å². The number of rotatable bonds is 4. The number of nitrogens with zero attached hydrogens (tertiary/aromatic N) is 1. The van der Waals surface area contributed by atoms with E-state index in [1.165, 1.54) is 13.2 Å². The molecule has 1 aromatic carbocycles. The van der Waals surface area contributed by atoms with Crippen molar-refractivity contribution >= 4 is 0 Å². The molecule has 0 saturated carbocycles. The van der Waals surface area contributed by atoms with Crippen molar-refractivity contribution in [2.75, 3.05) is 27.8 Å². The molecule has 0 saturated heterocycles. The molecule has 0 aliphatic carbocycles. The Balaban J connectivity index is 3.00. The Kier molecular flexibility index (Phi) is 4.05. The number of aliphatic hydroxyl groups excluding tert-OH is 1. The lowest BCUT2D eigenvalue weighted by Crippen LogP contribution is -2.23. The molecule has 1 rings (SSSR count). The molecule has 84 valence electrons. The Morgan fingerprint density at radius 1 is 1.47 bits per heavy atom. The topological polar surface area (TPSA) is 32.7 Å². The summed E-state index contributed by atoms with van der Waals surface area (Å²) in [5.74, 6) is -0.190. The van der Waals surface area contributed by atoms with Gasteiger partial charge in [0.05, 0.1) is 19.8 Å². The number of ether oxygens (including phenoxy) is 1. The molecule has 0 bridgehead atoms. The van der Waals surface area contributed by atoms with E-state index in [2.05, 4.69) is 0 Å². The monoisotopic (exact) mass is 213 g/mol. The third kappa shape index (κ3) is 2.67. The highest BCUT2D eigenvalue weighted by Gasteiger charge is 2.14. The number of methoxy groups -OCH3 is 1. The molecule has 0 aliphatic heterocycles. The summed E-state index contributed by atoms with van der Waals surface area (Å²) in [6, 6.07) is 4.52. The van der Waals surface area contributed by atoms with E-state index in [-0.39, 0.29) is 18.4 Å². The summed E-state index contributed by atoms with van der Waals surface area (Å²) in [5.41, 5.74) is 0.737. The zero-order chi connectivity index (χ0) is 11.4. The summed E-state index contributed by atoms with van der Waals surface area (Å²) in [6.07, 6.45) is 0. The molecule has 15 heavy (non-hydrogen) atoms. The summed E-state index contributed by atoms with van der Waals surface area (Å²) in [6.45, 7) is -0.0429. The number of aliphatic hydroxyl groups is 1. The van der Waals surface area contributed by atoms with Crippen molar-refractivity contribution in [1.29, 1.82) is 0 Å². The van der Waals surface area contributed by atoms with Gasteiger partial charge in [0.25, 0.3) is 0 Å². The van der Waals surface area contributed by atoms with Gasteiger partial charge in [0.1, 0.15) is 0 Å². The smallest absolute Gasteiger partial charge is 0.165 e. The molecule has 4 heteroatoms. The van der Waals surface area contributed by atoms with Crippen LogP contribution in [-0.2, 0) is 0 Å². The average molecular weight is 213 g/mol. The van der Waals surface area contributed by atoms with Gasteiger partial charge in [-0.15, -0.1) is 0 Å². The zero-order valence-electron chi connectivity index (χ0n) is 9.20. The maximum atomic E-state index is 13.4. The van der Waals surface area contributed by atoms with E-state index in [1.54, 1.807) is 12.1 Å². The lowest BCUT2D eigenvalue weighted by atomic mass is 10.1. The van der Waals surface area contributed by atoms with Gasteiger partial charge in [-0.3, -0.25) is 0 Å². The van der Waals surface area contributed by atoms with Crippen LogP contribution in [0.2, 0.25) is 0 Å². The lowest BCUT2D eigenvalue weighted by molar-refractivity contribution is 0.170. The van der Waals surface area contributed by atoms with Crippen molar-refractivity contribution in [3.8, 4) is 5.75 Å². The summed E-state index contributed by atoms with van der Waals surface area (Å²) in [5, 5.41) is 9.17. The second-order valence-electron chi connectivity index (χ2n) is 3.56. The van der Waals surface area contributed by atoms with E-state index in [4.69, 9.17) is 4.74 Å². The van der Waals surface area contributed by atoms with Gasteiger partial charge >= 0.3 is 0 Å². The number of hydrogen-bond donors (Lipinski definition) is 1. The normalized spacial score (nSPS) is 12.9. The van der Waals surface area contributed by atoms with Gasteiger partial charge in [-0.2, -0.15) is 0 Å². The second kappa shape index (κ2) is 5.09. The van der Waals surface area contributed by atoms with Gasteiger partial charge < -0.3 is 14.7 Å². The van der Waals surface area contributed by atoms with Crippen LogP contribution in [0.5, 0.6) is 5.75 Å². The molecule has 1 atom stereocenters. The Hall–Kier alpha value is -1.13. The van der Waals surface area contributed by atoms with Crippen LogP contribution in [0, 0.1) is 5.82 Å². The minimum Gasteiger partial charge on any atom is -0.494 e. The van der Waals surface area contributed by atoms with Crippen molar-refractivity contribution in [2.45, 2.75) is 6.04 Å². The quantitative estimate of drug-likeness (QED) is 0.821. The van der Waals surface area contributed by atoms with E-state index in [1.807, 2.05) is 19.0 Å². The van der Waals surface area contributed by atoms with Gasteiger partial charge in [-0.25, -0.2) is 4.39 Å². The molecule has 0 radical (unpaired) electrons. The molecule has 0 spiro atoms. The largest absolute Gasteiger partial charge is 0.494 e. The van der Waals surface area contributed by atoms with Crippen LogP contribution in [0.1, 0.15) is 11.6 Å². The summed E-state index contributed by atoms with van der Waals surface area (Å²) >= 11 is 0. The maximum absolute atomic E-state index is 13.4. The van der Waals surface area contributed by atoms with Crippen molar-refractivity contribution in [3.05, 3.63) is 29.6 Å². The zero-order valence-corrected chi connectivity index (χ0v) is 9.20. The number of likely N-dealkylation sites (N-methyl/N-ethyl adjacent to an activating group) is 1. The molecule has 0 heterocycles. The second-order valence-corrected chi connectivity index (χ2v) is 3.56. The molecule has 3 nitrogen and oxygen atoms in total. The van der Waals surface area contributed by atoms with Gasteiger partial charge in [-0.05, 0) is 31.8 Å². The fourth-order valence-corrected chi connectivity index (χ4v) is 1.46. The predicted octanol–water partition coefficient (Wildman–Crippen LogP) is 1.43. The van der Waals surface area contributed by atoms with E-state index >= 15 is 0 Å². The Morgan fingerprint density at radius 2 is 2.13 bits per heavy atom. The summed E-state index contributed by atoms with van der Waals surface area (Å²) in [4.78, 5) is 1.83. The molecular formula is C11H16FNO2. The molecule has 0 aliphatic rings. The van der Waals surface area contributed by atoms with Crippen LogP contribution in [-0.4, -0.2) is 37.8 Å². The average Bonchev–Trinajstić information content (AvgIpc) is 2.18. The van der Waals surface area contributed by atoms with Crippen molar-refractivity contribution in [1.82, 2.24) is 4.90 Å². The summed E-state index contributed by atoms with van der Waals surface area (Å²) < 4.78 is 18.2. The standard InChI is InChI=1S/C11H16FNO2/c1-13(2)10(7-14)8-4-5-11(15-3)9(12)6-8/h4-6,10,14H,7H2,1-3H3. The van der Waals surface area contributed by atoms with Crippen molar-refractivity contribution in [3.63, 3.8) is 0 Å². The first-order valence-electron chi connectivity index (χ1n) is 4.71. The van der Waals surface area contributed by atoms with E-state index in [9.17, 15) is 9.50 Å². The first-order valence-corrected chi connectivity index (χ1v) is 4.71. The molecule has 1 unspecified atom stereocenters. The fourth-order valence-electron chi connectivity index (χ4n) is 1.46. The van der Waals surface area contributed by atoms with E-state index < -0.39 is 5.82 Å². The SMILES string of the molecule is COc1ccc(C(CO)N(C)C)cc1F. The number of halogens is 1. The molecule has 0 fully saturated rings. The van der Waals surface area contributed by atoms with Crippen LogP contribution in [0.15, 0.2) is 18.2 Å². The first-order chi connectivity index (χ1) is 7.10.